The van der Waals surface area contributed by atoms with Gasteiger partial charge in [0.1, 0.15) is 13.2 Å². The second kappa shape index (κ2) is 9.32. The highest BCUT2D eigenvalue weighted by Crippen LogP contribution is 2.39. The third kappa shape index (κ3) is 4.37. The lowest BCUT2D eigenvalue weighted by atomic mass is 10.1. The van der Waals surface area contributed by atoms with Crippen molar-refractivity contribution in [2.45, 2.75) is 0 Å². The van der Waals surface area contributed by atoms with Crippen molar-refractivity contribution in [3.05, 3.63) is 60.2 Å². The first-order chi connectivity index (χ1) is 15.1. The zero-order valence-electron chi connectivity index (χ0n) is 17.9. The van der Waals surface area contributed by atoms with Crippen LogP contribution in [0.5, 0.6) is 11.5 Å². The summed E-state index contributed by atoms with van der Waals surface area (Å²) in [5.74, 6) is 1.38. The minimum atomic E-state index is -0.0519. The Morgan fingerprint density at radius 2 is 1.69 bits per heavy atom. The molecule has 0 aliphatic carbocycles. The summed E-state index contributed by atoms with van der Waals surface area (Å²) in [4.78, 5) is 22.2. The van der Waals surface area contributed by atoms with Crippen molar-refractivity contribution in [1.82, 2.24) is 9.88 Å². The summed E-state index contributed by atoms with van der Waals surface area (Å²) in [6.07, 6.45) is 0. The summed E-state index contributed by atoms with van der Waals surface area (Å²) in [6, 6.07) is 17.7. The molecule has 0 radical (unpaired) electrons. The Kier molecular flexibility index (Phi) is 6.50. The summed E-state index contributed by atoms with van der Waals surface area (Å²) in [5.41, 5.74) is 1.47. The molecule has 32 heavy (non-hydrogen) atoms. The highest BCUT2D eigenvalue weighted by molar-refractivity contribution is 7.22. The molecule has 8 heteroatoms. The second-order valence-electron chi connectivity index (χ2n) is 7.78. The number of hydrogen-bond donors (Lipinski definition) is 0. The number of fused-ring (bicyclic) bond motifs is 3. The molecule has 6 nitrogen and oxygen atoms in total. The van der Waals surface area contributed by atoms with Crippen LogP contribution in [0.3, 0.4) is 0 Å². The van der Waals surface area contributed by atoms with Gasteiger partial charge in [0.15, 0.2) is 16.6 Å². The van der Waals surface area contributed by atoms with Gasteiger partial charge in [-0.3, -0.25) is 9.69 Å². The number of nitrogens with zero attached hydrogens (tertiary/aromatic N) is 3. The highest BCUT2D eigenvalue weighted by Gasteiger charge is 2.23. The predicted octanol–water partition coefficient (Wildman–Crippen LogP) is 4.85. The van der Waals surface area contributed by atoms with Crippen LogP contribution < -0.4 is 14.4 Å². The predicted molar refractivity (Wildman–Crippen MR) is 132 cm³/mol. The number of likely N-dealkylation sites (N-methyl/N-ethyl adjacent to an activating group) is 1. The maximum atomic E-state index is 13.6. The standard InChI is InChI=1S/C24H23N3O3S.ClH/c1-26(2)9-10-27(23(28)18-8-7-16-5-3-4-6-17(16)13-18)24-25-19-14-20-21(15-22(19)31-24)30-12-11-29-20;/h3-8,13-15H,9-12H2,1-2H3;1H. The normalized spacial score (nSPS) is 12.7. The number of carbonyl (C=O) groups excluding carboxylic acids is 1. The van der Waals surface area contributed by atoms with Gasteiger partial charge in [-0.25, -0.2) is 4.98 Å². The molecular weight excluding hydrogens is 446 g/mol. The molecule has 1 aliphatic heterocycles. The molecule has 5 rings (SSSR count). The van der Waals surface area contributed by atoms with Crippen LogP contribution in [0.25, 0.3) is 21.0 Å². The molecule has 4 aromatic rings. The Balaban J connectivity index is 0.00000245. The molecule has 0 bridgehead atoms. The molecule has 1 aromatic heterocycles. The van der Waals surface area contributed by atoms with E-state index in [9.17, 15) is 4.79 Å². The minimum absolute atomic E-state index is 0. The van der Waals surface area contributed by atoms with Crippen molar-refractivity contribution in [2.75, 3.05) is 45.3 Å². The first-order valence-corrected chi connectivity index (χ1v) is 11.1. The SMILES string of the molecule is CN(C)CCN(C(=O)c1ccc2ccccc2c1)c1nc2cc3c(cc2s1)OCCO3.Cl. The maximum Gasteiger partial charge on any atom is 0.260 e. The molecule has 0 fully saturated rings. The molecule has 0 N–H and O–H groups in total. The zero-order valence-corrected chi connectivity index (χ0v) is 19.5. The van der Waals surface area contributed by atoms with Crippen molar-refractivity contribution in [1.29, 1.82) is 0 Å². The topological polar surface area (TPSA) is 54.9 Å². The fourth-order valence-corrected chi connectivity index (χ4v) is 4.63. The number of rotatable bonds is 5. The number of benzene rings is 3. The number of halogens is 1. The number of carbonyl (C=O) groups is 1. The van der Waals surface area contributed by atoms with E-state index in [0.29, 0.717) is 36.2 Å². The summed E-state index contributed by atoms with van der Waals surface area (Å²) in [6.45, 7) is 2.35. The fourth-order valence-electron chi connectivity index (χ4n) is 3.63. The van der Waals surface area contributed by atoms with Gasteiger partial charge >= 0.3 is 0 Å². The third-order valence-electron chi connectivity index (χ3n) is 5.28. The lowest BCUT2D eigenvalue weighted by molar-refractivity contribution is 0.0985. The van der Waals surface area contributed by atoms with Crippen LogP contribution in [0.2, 0.25) is 0 Å². The quantitative estimate of drug-likeness (QED) is 0.418. The van der Waals surface area contributed by atoms with Gasteiger partial charge in [-0.1, -0.05) is 41.7 Å². The average molecular weight is 470 g/mol. The molecule has 0 atom stereocenters. The van der Waals surface area contributed by atoms with Crippen molar-refractivity contribution in [3.8, 4) is 11.5 Å². The van der Waals surface area contributed by atoms with E-state index in [-0.39, 0.29) is 18.3 Å². The number of anilines is 1. The molecule has 0 saturated heterocycles. The molecule has 0 unspecified atom stereocenters. The first-order valence-electron chi connectivity index (χ1n) is 10.2. The van der Waals surface area contributed by atoms with Crippen molar-refractivity contribution < 1.29 is 14.3 Å². The molecule has 1 amide bonds. The van der Waals surface area contributed by atoms with E-state index in [1.54, 1.807) is 4.90 Å². The number of aromatic nitrogens is 1. The smallest absolute Gasteiger partial charge is 0.260 e. The van der Waals surface area contributed by atoms with Crippen LogP contribution in [-0.2, 0) is 0 Å². The van der Waals surface area contributed by atoms with Gasteiger partial charge in [0, 0.05) is 30.8 Å². The molecule has 3 aromatic carbocycles. The van der Waals surface area contributed by atoms with E-state index in [2.05, 4.69) is 4.90 Å². The average Bonchev–Trinajstić information content (AvgIpc) is 3.19. The Labute approximate surface area is 196 Å². The Morgan fingerprint density at radius 1 is 0.969 bits per heavy atom. The lowest BCUT2D eigenvalue weighted by Gasteiger charge is -2.22. The number of ether oxygens (including phenoxy) is 2. The minimum Gasteiger partial charge on any atom is -0.486 e. The van der Waals surface area contributed by atoms with E-state index in [1.165, 1.54) is 11.3 Å². The Bertz CT molecular complexity index is 1230. The zero-order chi connectivity index (χ0) is 21.4. The maximum absolute atomic E-state index is 13.6. The number of hydrogen-bond acceptors (Lipinski definition) is 6. The fraction of sp³-hybridized carbons (Fsp3) is 0.250. The van der Waals surface area contributed by atoms with Gasteiger partial charge in [0.05, 0.1) is 10.2 Å². The van der Waals surface area contributed by atoms with E-state index in [4.69, 9.17) is 14.5 Å². The van der Waals surface area contributed by atoms with Crippen LogP contribution >= 0.6 is 23.7 Å². The molecule has 1 aliphatic rings. The number of amides is 1. The van der Waals surface area contributed by atoms with Crippen molar-refractivity contribution in [2.24, 2.45) is 0 Å². The van der Waals surface area contributed by atoms with Gasteiger partial charge < -0.3 is 14.4 Å². The third-order valence-corrected chi connectivity index (χ3v) is 6.33. The Hall–Kier alpha value is -2.87. The van der Waals surface area contributed by atoms with Crippen LogP contribution in [0.1, 0.15) is 10.4 Å². The van der Waals surface area contributed by atoms with Crippen LogP contribution in [-0.4, -0.2) is 56.2 Å². The van der Waals surface area contributed by atoms with Crippen LogP contribution in [0, 0.1) is 0 Å². The van der Waals surface area contributed by atoms with Gasteiger partial charge in [-0.2, -0.15) is 0 Å². The highest BCUT2D eigenvalue weighted by atomic mass is 35.5. The molecule has 0 spiro atoms. The molecule has 0 saturated carbocycles. The molecular formula is C24H24ClN3O3S. The second-order valence-corrected chi connectivity index (χ2v) is 8.79. The number of thiazole rings is 1. The first kappa shape index (κ1) is 22.3. The van der Waals surface area contributed by atoms with Gasteiger partial charge in [-0.15, -0.1) is 12.4 Å². The van der Waals surface area contributed by atoms with E-state index < -0.39 is 0 Å². The van der Waals surface area contributed by atoms with Crippen molar-refractivity contribution >= 4 is 55.8 Å². The van der Waals surface area contributed by atoms with E-state index >= 15 is 0 Å². The van der Waals surface area contributed by atoms with Crippen LogP contribution in [0.15, 0.2) is 54.6 Å². The lowest BCUT2D eigenvalue weighted by Crippen LogP contribution is -2.36. The van der Waals surface area contributed by atoms with Crippen molar-refractivity contribution in [3.63, 3.8) is 0 Å². The largest absolute Gasteiger partial charge is 0.486 e. The van der Waals surface area contributed by atoms with Gasteiger partial charge in [-0.05, 0) is 37.0 Å². The van der Waals surface area contributed by atoms with Gasteiger partial charge in [0.2, 0.25) is 0 Å². The summed E-state index contributed by atoms with van der Waals surface area (Å²) in [7, 11) is 4.00. The summed E-state index contributed by atoms with van der Waals surface area (Å²) < 4.78 is 12.4. The summed E-state index contributed by atoms with van der Waals surface area (Å²) in [5, 5.41) is 2.84. The molecule has 2 heterocycles. The van der Waals surface area contributed by atoms with E-state index in [0.717, 1.165) is 33.3 Å². The van der Waals surface area contributed by atoms with Gasteiger partial charge in [0.25, 0.3) is 5.91 Å². The summed E-state index contributed by atoms with van der Waals surface area (Å²) >= 11 is 1.50. The van der Waals surface area contributed by atoms with Crippen LogP contribution in [0.4, 0.5) is 5.13 Å². The Morgan fingerprint density at radius 3 is 2.44 bits per heavy atom. The molecule has 166 valence electrons. The van der Waals surface area contributed by atoms with E-state index in [1.807, 2.05) is 68.7 Å². The monoisotopic (exact) mass is 469 g/mol.